The molecule has 5 nitrogen and oxygen atoms in total. The number of thiazole rings is 1. The second kappa shape index (κ2) is 7.87. The highest BCUT2D eigenvalue weighted by Crippen LogP contribution is 2.11. The summed E-state index contributed by atoms with van der Waals surface area (Å²) in [5.74, 6) is 0.0774. The van der Waals surface area contributed by atoms with Gasteiger partial charge in [-0.25, -0.2) is 4.98 Å². The minimum absolute atomic E-state index is 0.0774. The Morgan fingerprint density at radius 3 is 2.76 bits per heavy atom. The summed E-state index contributed by atoms with van der Waals surface area (Å²) >= 11 is 1.58. The zero-order chi connectivity index (χ0) is 15.2. The smallest absolute Gasteiger partial charge is 0.227 e. The first-order chi connectivity index (χ1) is 10.1. The van der Waals surface area contributed by atoms with Crippen LogP contribution < -0.4 is 5.32 Å². The molecule has 6 heteroatoms. The molecule has 0 saturated carbocycles. The first-order valence-electron chi connectivity index (χ1n) is 7.70. The van der Waals surface area contributed by atoms with Crippen LogP contribution in [-0.2, 0) is 17.6 Å². The maximum Gasteiger partial charge on any atom is 0.227 e. The van der Waals surface area contributed by atoms with Crippen LogP contribution in [0.4, 0.5) is 0 Å². The molecule has 1 aliphatic rings. The molecule has 1 aromatic heterocycles. The van der Waals surface area contributed by atoms with Gasteiger partial charge in [-0.15, -0.1) is 11.3 Å². The molecule has 1 atom stereocenters. The van der Waals surface area contributed by atoms with Crippen molar-refractivity contribution in [3.63, 3.8) is 0 Å². The Balaban J connectivity index is 1.71. The van der Waals surface area contributed by atoms with Gasteiger partial charge in [0.25, 0.3) is 0 Å². The van der Waals surface area contributed by atoms with E-state index in [9.17, 15) is 4.79 Å². The Morgan fingerprint density at radius 1 is 1.43 bits per heavy atom. The van der Waals surface area contributed by atoms with Crippen LogP contribution in [-0.4, -0.2) is 66.5 Å². The van der Waals surface area contributed by atoms with E-state index in [-0.39, 0.29) is 11.9 Å². The highest BCUT2D eigenvalue weighted by molar-refractivity contribution is 7.09. The lowest BCUT2D eigenvalue weighted by molar-refractivity contribution is -0.121. The van der Waals surface area contributed by atoms with Crippen LogP contribution in [0, 0.1) is 0 Å². The molecule has 1 N–H and O–H groups in total. The average Bonchev–Trinajstić information content (AvgIpc) is 2.88. The molecule has 0 spiro atoms. The molecule has 2 heterocycles. The maximum absolute atomic E-state index is 12.0. The van der Waals surface area contributed by atoms with Crippen molar-refractivity contribution in [1.82, 2.24) is 20.1 Å². The van der Waals surface area contributed by atoms with Gasteiger partial charge in [-0.1, -0.05) is 6.92 Å². The van der Waals surface area contributed by atoms with Gasteiger partial charge in [0, 0.05) is 44.1 Å². The number of carbonyl (C=O) groups excluding carboxylic acids is 1. The Bertz CT molecular complexity index is 454. The van der Waals surface area contributed by atoms with E-state index in [1.165, 1.54) is 0 Å². The van der Waals surface area contributed by atoms with Crippen molar-refractivity contribution >= 4 is 17.2 Å². The third kappa shape index (κ3) is 5.37. The average molecular weight is 310 g/mol. The number of aromatic nitrogens is 1. The van der Waals surface area contributed by atoms with Crippen molar-refractivity contribution in [2.75, 3.05) is 39.8 Å². The van der Waals surface area contributed by atoms with E-state index in [4.69, 9.17) is 0 Å². The highest BCUT2D eigenvalue weighted by atomic mass is 32.1. The second-order valence-electron chi connectivity index (χ2n) is 5.84. The summed E-state index contributed by atoms with van der Waals surface area (Å²) in [6.07, 6.45) is 1.33. The fourth-order valence-corrected chi connectivity index (χ4v) is 3.39. The molecule has 1 unspecified atom stereocenters. The van der Waals surface area contributed by atoms with Crippen molar-refractivity contribution in [2.24, 2.45) is 0 Å². The van der Waals surface area contributed by atoms with Crippen LogP contribution >= 0.6 is 11.3 Å². The number of carbonyl (C=O) groups is 1. The van der Waals surface area contributed by atoms with E-state index in [1.54, 1.807) is 11.3 Å². The largest absolute Gasteiger partial charge is 0.352 e. The number of nitrogens with zero attached hydrogens (tertiary/aromatic N) is 3. The third-order valence-electron chi connectivity index (χ3n) is 3.81. The van der Waals surface area contributed by atoms with Crippen LogP contribution in [0.25, 0.3) is 0 Å². The maximum atomic E-state index is 12.0. The quantitative estimate of drug-likeness (QED) is 0.852. The van der Waals surface area contributed by atoms with E-state index in [2.05, 4.69) is 41.0 Å². The van der Waals surface area contributed by atoms with Gasteiger partial charge < -0.3 is 10.2 Å². The molecular formula is C15H26N4OS. The first kappa shape index (κ1) is 16.4. The normalized spacial score (nSPS) is 18.6. The van der Waals surface area contributed by atoms with Crippen molar-refractivity contribution in [3.8, 4) is 0 Å². The molecule has 0 radical (unpaired) electrons. The Labute approximate surface area is 131 Å². The zero-order valence-electron chi connectivity index (χ0n) is 13.3. The van der Waals surface area contributed by atoms with Gasteiger partial charge in [0.15, 0.2) is 0 Å². The highest BCUT2D eigenvalue weighted by Gasteiger charge is 2.17. The molecule has 0 bridgehead atoms. The number of likely N-dealkylation sites (N-methyl/N-ethyl adjacent to an activating group) is 1. The SMILES string of the molecule is CCc1csc(CC(=O)NC(C)CN2CCN(C)CC2)n1. The number of rotatable bonds is 6. The lowest BCUT2D eigenvalue weighted by Crippen LogP contribution is -2.49. The number of piperazine rings is 1. The summed E-state index contributed by atoms with van der Waals surface area (Å²) in [6.45, 7) is 9.48. The van der Waals surface area contributed by atoms with Crippen molar-refractivity contribution in [1.29, 1.82) is 0 Å². The monoisotopic (exact) mass is 310 g/mol. The van der Waals surface area contributed by atoms with Crippen molar-refractivity contribution in [2.45, 2.75) is 32.7 Å². The minimum atomic E-state index is 0.0774. The number of aryl methyl sites for hydroxylation is 1. The Morgan fingerprint density at radius 2 is 2.14 bits per heavy atom. The Hall–Kier alpha value is -0.980. The van der Waals surface area contributed by atoms with Crippen LogP contribution in [0.1, 0.15) is 24.5 Å². The molecule has 1 saturated heterocycles. The van der Waals surface area contributed by atoms with Crippen LogP contribution in [0.3, 0.4) is 0 Å². The van der Waals surface area contributed by atoms with Gasteiger partial charge in [0.2, 0.25) is 5.91 Å². The van der Waals surface area contributed by atoms with E-state index in [0.29, 0.717) is 6.42 Å². The predicted molar refractivity (Wildman–Crippen MR) is 86.7 cm³/mol. The summed E-state index contributed by atoms with van der Waals surface area (Å²) in [4.78, 5) is 21.2. The Kier molecular flexibility index (Phi) is 6.14. The van der Waals surface area contributed by atoms with E-state index >= 15 is 0 Å². The molecule has 1 aromatic rings. The van der Waals surface area contributed by atoms with Gasteiger partial charge >= 0.3 is 0 Å². The van der Waals surface area contributed by atoms with Gasteiger partial charge in [-0.05, 0) is 20.4 Å². The topological polar surface area (TPSA) is 48.5 Å². The third-order valence-corrected chi connectivity index (χ3v) is 4.71. The fourth-order valence-electron chi connectivity index (χ4n) is 2.52. The zero-order valence-corrected chi connectivity index (χ0v) is 14.1. The van der Waals surface area contributed by atoms with E-state index in [0.717, 1.165) is 49.8 Å². The van der Waals surface area contributed by atoms with Crippen LogP contribution in [0.2, 0.25) is 0 Å². The van der Waals surface area contributed by atoms with Crippen LogP contribution in [0.15, 0.2) is 5.38 Å². The molecule has 1 fully saturated rings. The molecule has 0 aromatic carbocycles. The molecule has 21 heavy (non-hydrogen) atoms. The molecule has 0 aliphatic carbocycles. The van der Waals surface area contributed by atoms with Crippen molar-refractivity contribution < 1.29 is 4.79 Å². The van der Waals surface area contributed by atoms with Gasteiger partial charge in [0.1, 0.15) is 5.01 Å². The van der Waals surface area contributed by atoms with Crippen molar-refractivity contribution in [3.05, 3.63) is 16.1 Å². The molecule has 1 amide bonds. The first-order valence-corrected chi connectivity index (χ1v) is 8.58. The van der Waals surface area contributed by atoms with E-state index < -0.39 is 0 Å². The number of hydrogen-bond acceptors (Lipinski definition) is 5. The summed E-state index contributed by atoms with van der Waals surface area (Å²) < 4.78 is 0. The number of hydrogen-bond donors (Lipinski definition) is 1. The predicted octanol–water partition coefficient (Wildman–Crippen LogP) is 1.00. The second-order valence-corrected chi connectivity index (χ2v) is 6.78. The molecular weight excluding hydrogens is 284 g/mol. The van der Waals surface area contributed by atoms with E-state index in [1.807, 2.05) is 5.38 Å². The lowest BCUT2D eigenvalue weighted by atomic mass is 10.2. The minimum Gasteiger partial charge on any atom is -0.352 e. The fraction of sp³-hybridized carbons (Fsp3) is 0.733. The summed E-state index contributed by atoms with van der Waals surface area (Å²) in [6, 6.07) is 0.187. The molecule has 2 rings (SSSR count). The van der Waals surface area contributed by atoms with Gasteiger partial charge in [-0.3, -0.25) is 9.69 Å². The molecule has 1 aliphatic heterocycles. The standard InChI is InChI=1S/C15H26N4OS/c1-4-13-11-21-15(17-13)9-14(20)16-12(2)10-19-7-5-18(3)6-8-19/h11-12H,4-10H2,1-3H3,(H,16,20). The molecule has 118 valence electrons. The van der Waals surface area contributed by atoms with Gasteiger partial charge in [0.05, 0.1) is 12.1 Å². The summed E-state index contributed by atoms with van der Waals surface area (Å²) in [5.41, 5.74) is 1.08. The number of amides is 1. The summed E-state index contributed by atoms with van der Waals surface area (Å²) in [5, 5.41) is 6.04. The van der Waals surface area contributed by atoms with Crippen LogP contribution in [0.5, 0.6) is 0 Å². The lowest BCUT2D eigenvalue weighted by Gasteiger charge is -2.34. The van der Waals surface area contributed by atoms with Gasteiger partial charge in [-0.2, -0.15) is 0 Å². The summed E-state index contributed by atoms with van der Waals surface area (Å²) in [7, 11) is 2.15. The number of nitrogens with one attached hydrogen (secondary N) is 1.